The number of sulfonamides is 1. The Morgan fingerprint density at radius 2 is 2.25 bits per heavy atom. The van der Waals surface area contributed by atoms with Gasteiger partial charge in [-0.25, -0.2) is 18.1 Å². The average molecular weight is 263 g/mol. The minimum Gasteiger partial charge on any atom is -0.330 e. The Morgan fingerprint density at radius 1 is 1.56 bits per heavy atom. The fourth-order valence-corrected chi connectivity index (χ4v) is 3.59. The molecule has 1 rings (SSSR count). The highest BCUT2D eigenvalue weighted by Crippen LogP contribution is 2.22. The van der Waals surface area contributed by atoms with Gasteiger partial charge in [0.2, 0.25) is 10.0 Å². The van der Waals surface area contributed by atoms with Crippen molar-refractivity contribution < 1.29 is 8.42 Å². The highest BCUT2D eigenvalue weighted by atomic mass is 32.2. The van der Waals surface area contributed by atoms with E-state index in [1.165, 1.54) is 11.3 Å². The zero-order chi connectivity index (χ0) is 12.2. The molecule has 1 heterocycles. The van der Waals surface area contributed by atoms with Crippen LogP contribution in [0, 0.1) is 0 Å². The minimum absolute atomic E-state index is 0.0539. The van der Waals surface area contributed by atoms with Crippen molar-refractivity contribution in [3.63, 3.8) is 0 Å². The van der Waals surface area contributed by atoms with Gasteiger partial charge in [0.15, 0.2) is 0 Å². The molecule has 0 saturated heterocycles. The van der Waals surface area contributed by atoms with E-state index in [9.17, 15) is 8.42 Å². The van der Waals surface area contributed by atoms with Crippen molar-refractivity contribution in [2.24, 2.45) is 5.73 Å². The first-order valence-corrected chi connectivity index (χ1v) is 7.52. The average Bonchev–Trinajstić information content (AvgIpc) is 2.66. The van der Waals surface area contributed by atoms with E-state index in [-0.39, 0.29) is 5.75 Å². The third kappa shape index (κ3) is 3.82. The largest absolute Gasteiger partial charge is 0.330 e. The van der Waals surface area contributed by atoms with Crippen molar-refractivity contribution >= 4 is 21.4 Å². The molecule has 3 N–H and O–H groups in total. The zero-order valence-electron chi connectivity index (χ0n) is 9.43. The second-order valence-corrected chi connectivity index (χ2v) is 6.76. The summed E-state index contributed by atoms with van der Waals surface area (Å²) in [7, 11) is -3.29. The van der Waals surface area contributed by atoms with Gasteiger partial charge in [0.05, 0.1) is 11.3 Å². The van der Waals surface area contributed by atoms with Crippen LogP contribution in [0.5, 0.6) is 0 Å². The number of nitrogens with zero attached hydrogens (tertiary/aromatic N) is 1. The number of aromatic nitrogens is 1. The highest BCUT2D eigenvalue weighted by molar-refractivity contribution is 7.89. The van der Waals surface area contributed by atoms with Crippen LogP contribution in [0.3, 0.4) is 0 Å². The van der Waals surface area contributed by atoms with Crippen molar-refractivity contribution in [2.75, 3.05) is 12.3 Å². The van der Waals surface area contributed by atoms with Crippen molar-refractivity contribution in [2.45, 2.75) is 25.8 Å². The molecular weight excluding hydrogens is 246 g/mol. The van der Waals surface area contributed by atoms with E-state index >= 15 is 0 Å². The van der Waals surface area contributed by atoms with E-state index in [1.54, 1.807) is 20.0 Å². The zero-order valence-corrected chi connectivity index (χ0v) is 11.1. The topological polar surface area (TPSA) is 85.1 Å². The standard InChI is InChI=1S/C9H17N3O2S2/c1-9(2,8-11-5-6-15-8)12-16(13,14)7-3-4-10/h5-6,12H,3-4,7,10H2,1-2H3. The third-order valence-corrected chi connectivity index (χ3v) is 4.74. The maximum absolute atomic E-state index is 11.7. The Bertz CT molecular complexity index is 412. The molecule has 0 spiro atoms. The maximum atomic E-state index is 11.7. The summed E-state index contributed by atoms with van der Waals surface area (Å²) in [6.45, 7) is 3.97. The number of hydrogen-bond acceptors (Lipinski definition) is 5. The summed E-state index contributed by atoms with van der Waals surface area (Å²) in [5.41, 5.74) is 4.63. The molecule has 0 aliphatic rings. The van der Waals surface area contributed by atoms with Crippen LogP contribution in [0.2, 0.25) is 0 Å². The summed E-state index contributed by atoms with van der Waals surface area (Å²) in [5.74, 6) is 0.0539. The lowest BCUT2D eigenvalue weighted by molar-refractivity contribution is 0.469. The number of thiazole rings is 1. The van der Waals surface area contributed by atoms with E-state index in [0.29, 0.717) is 13.0 Å². The second kappa shape index (κ2) is 5.22. The molecule has 16 heavy (non-hydrogen) atoms. The Labute approximate surface area is 100 Å². The Kier molecular flexibility index (Phi) is 4.43. The van der Waals surface area contributed by atoms with Gasteiger partial charge in [-0.05, 0) is 26.8 Å². The van der Waals surface area contributed by atoms with Crippen LogP contribution < -0.4 is 10.5 Å². The molecule has 0 radical (unpaired) electrons. The number of nitrogens with one attached hydrogen (secondary N) is 1. The van der Waals surface area contributed by atoms with E-state index < -0.39 is 15.6 Å². The van der Waals surface area contributed by atoms with Crippen LogP contribution in [-0.4, -0.2) is 25.7 Å². The molecule has 1 aromatic rings. The highest BCUT2D eigenvalue weighted by Gasteiger charge is 2.28. The van der Waals surface area contributed by atoms with E-state index in [0.717, 1.165) is 5.01 Å². The van der Waals surface area contributed by atoms with Gasteiger partial charge in [0.1, 0.15) is 5.01 Å². The molecule has 0 aliphatic heterocycles. The van der Waals surface area contributed by atoms with Crippen molar-refractivity contribution in [1.29, 1.82) is 0 Å². The molecule has 1 aromatic heterocycles. The van der Waals surface area contributed by atoms with Gasteiger partial charge in [0.25, 0.3) is 0 Å². The quantitative estimate of drug-likeness (QED) is 0.789. The molecule has 0 amide bonds. The summed E-state index contributed by atoms with van der Waals surface area (Å²) >= 11 is 1.43. The summed E-state index contributed by atoms with van der Waals surface area (Å²) in [6.07, 6.45) is 2.12. The first-order chi connectivity index (χ1) is 7.37. The molecule has 0 aliphatic carbocycles. The molecule has 0 fully saturated rings. The monoisotopic (exact) mass is 263 g/mol. The van der Waals surface area contributed by atoms with Gasteiger partial charge in [-0.1, -0.05) is 0 Å². The molecule has 0 atom stereocenters. The number of hydrogen-bond donors (Lipinski definition) is 2. The normalized spacial score (nSPS) is 12.9. The lowest BCUT2D eigenvalue weighted by atomic mass is 10.1. The van der Waals surface area contributed by atoms with Crippen molar-refractivity contribution in [3.05, 3.63) is 16.6 Å². The molecule has 0 aromatic carbocycles. The Hall–Kier alpha value is -0.500. The summed E-state index contributed by atoms with van der Waals surface area (Å²) in [5, 5.41) is 2.58. The van der Waals surface area contributed by atoms with Crippen LogP contribution in [0.1, 0.15) is 25.3 Å². The predicted octanol–water partition coefficient (Wildman–Crippen LogP) is 0.646. The van der Waals surface area contributed by atoms with Crippen molar-refractivity contribution in [3.8, 4) is 0 Å². The van der Waals surface area contributed by atoms with Crippen LogP contribution in [0.25, 0.3) is 0 Å². The summed E-state index contributed by atoms with van der Waals surface area (Å²) < 4.78 is 26.1. The minimum atomic E-state index is -3.29. The Morgan fingerprint density at radius 3 is 2.75 bits per heavy atom. The first kappa shape index (κ1) is 13.6. The molecule has 7 heteroatoms. The maximum Gasteiger partial charge on any atom is 0.212 e. The van der Waals surface area contributed by atoms with Gasteiger partial charge in [-0.15, -0.1) is 11.3 Å². The molecule has 92 valence electrons. The SMILES string of the molecule is CC(C)(NS(=O)(=O)CCCN)c1nccs1. The van der Waals surface area contributed by atoms with Crippen LogP contribution in [0.15, 0.2) is 11.6 Å². The van der Waals surface area contributed by atoms with E-state index in [2.05, 4.69) is 9.71 Å². The van der Waals surface area contributed by atoms with Gasteiger partial charge in [-0.3, -0.25) is 0 Å². The summed E-state index contributed by atoms with van der Waals surface area (Å²) in [4.78, 5) is 4.12. The second-order valence-electron chi connectivity index (χ2n) is 4.03. The summed E-state index contributed by atoms with van der Waals surface area (Å²) in [6, 6.07) is 0. The van der Waals surface area contributed by atoms with E-state index in [1.807, 2.05) is 5.38 Å². The number of nitrogens with two attached hydrogens (primary N) is 1. The first-order valence-electron chi connectivity index (χ1n) is 4.99. The lowest BCUT2D eigenvalue weighted by Crippen LogP contribution is -2.42. The van der Waals surface area contributed by atoms with Gasteiger partial charge in [-0.2, -0.15) is 0 Å². The van der Waals surface area contributed by atoms with Gasteiger partial charge >= 0.3 is 0 Å². The predicted molar refractivity (Wildman–Crippen MR) is 65.7 cm³/mol. The molecule has 0 saturated carbocycles. The fraction of sp³-hybridized carbons (Fsp3) is 0.667. The Balaban J connectivity index is 2.73. The molecule has 5 nitrogen and oxygen atoms in total. The van der Waals surface area contributed by atoms with E-state index in [4.69, 9.17) is 5.73 Å². The van der Waals surface area contributed by atoms with Crippen molar-refractivity contribution in [1.82, 2.24) is 9.71 Å². The fourth-order valence-electron chi connectivity index (χ4n) is 1.29. The van der Waals surface area contributed by atoms with Crippen LogP contribution in [0.4, 0.5) is 0 Å². The molecular formula is C9H17N3O2S2. The van der Waals surface area contributed by atoms with Gasteiger partial charge in [0, 0.05) is 11.6 Å². The lowest BCUT2D eigenvalue weighted by Gasteiger charge is -2.23. The number of rotatable bonds is 6. The third-order valence-electron chi connectivity index (χ3n) is 1.99. The smallest absolute Gasteiger partial charge is 0.212 e. The van der Waals surface area contributed by atoms with Crippen LogP contribution >= 0.6 is 11.3 Å². The molecule has 0 unspecified atom stereocenters. The van der Waals surface area contributed by atoms with Gasteiger partial charge < -0.3 is 5.73 Å². The van der Waals surface area contributed by atoms with Crippen LogP contribution in [-0.2, 0) is 15.6 Å². The molecule has 0 bridgehead atoms.